The van der Waals surface area contributed by atoms with Gasteiger partial charge < -0.3 is 19.5 Å². The van der Waals surface area contributed by atoms with Gasteiger partial charge in [0.2, 0.25) is 15.9 Å². The second-order valence-electron chi connectivity index (χ2n) is 6.95. The fourth-order valence-corrected chi connectivity index (χ4v) is 4.06. The maximum Gasteiger partial charge on any atom is 0.247 e. The fourth-order valence-electron chi connectivity index (χ4n) is 2.89. The molecule has 0 bridgehead atoms. The molecule has 2 rings (SSSR count). The zero-order valence-electron chi connectivity index (χ0n) is 18.0. The molecule has 0 aliphatic carbocycles. The summed E-state index contributed by atoms with van der Waals surface area (Å²) in [6.45, 7) is 5.35. The van der Waals surface area contributed by atoms with Crippen LogP contribution in [0.4, 0.5) is 11.4 Å². The highest BCUT2D eigenvalue weighted by Gasteiger charge is 2.31. The maximum atomic E-state index is 12.9. The van der Waals surface area contributed by atoms with Gasteiger partial charge in [0.25, 0.3) is 0 Å². The molecule has 2 aromatic carbocycles. The summed E-state index contributed by atoms with van der Waals surface area (Å²) in [5, 5.41) is 2.74. The Kier molecular flexibility index (Phi) is 7.55. The Balaban J connectivity index is 2.32. The average Bonchev–Trinajstić information content (AvgIpc) is 2.68. The standard InChI is InChI=1S/C21H28N2O6S/c1-14(2)29-17-9-7-16(8-10-17)22-21(24)15(3)23(30(6,25)26)19-13-18(27-4)11-12-20(19)28-5/h7-15H,1-6H3,(H,22,24)/t15-/m0/s1. The third-order valence-corrected chi connectivity index (χ3v) is 5.43. The van der Waals surface area contributed by atoms with E-state index >= 15 is 0 Å². The van der Waals surface area contributed by atoms with Crippen LogP contribution < -0.4 is 23.8 Å². The fraction of sp³-hybridized carbons (Fsp3) is 0.381. The first-order valence-corrected chi connectivity index (χ1v) is 11.2. The monoisotopic (exact) mass is 436 g/mol. The highest BCUT2D eigenvalue weighted by molar-refractivity contribution is 7.92. The molecule has 0 aliphatic heterocycles. The minimum Gasteiger partial charge on any atom is -0.497 e. The molecule has 8 nitrogen and oxygen atoms in total. The van der Waals surface area contributed by atoms with Crippen LogP contribution in [0.25, 0.3) is 0 Å². The normalized spacial score (nSPS) is 12.2. The van der Waals surface area contributed by atoms with Crippen LogP contribution in [0, 0.1) is 0 Å². The van der Waals surface area contributed by atoms with Crippen LogP contribution in [0.2, 0.25) is 0 Å². The summed E-state index contributed by atoms with van der Waals surface area (Å²) in [5.41, 5.74) is 0.733. The van der Waals surface area contributed by atoms with E-state index in [4.69, 9.17) is 14.2 Å². The SMILES string of the molecule is COc1ccc(OC)c(N([C@@H](C)C(=O)Nc2ccc(OC(C)C)cc2)S(C)(=O)=O)c1. The first kappa shape index (κ1) is 23.3. The third-order valence-electron chi connectivity index (χ3n) is 4.21. The van der Waals surface area contributed by atoms with Crippen LogP contribution in [0.5, 0.6) is 17.2 Å². The molecular weight excluding hydrogens is 408 g/mol. The number of anilines is 2. The molecule has 1 N–H and O–H groups in total. The molecule has 30 heavy (non-hydrogen) atoms. The van der Waals surface area contributed by atoms with Crippen LogP contribution in [0.1, 0.15) is 20.8 Å². The van der Waals surface area contributed by atoms with E-state index in [1.165, 1.54) is 27.2 Å². The van der Waals surface area contributed by atoms with Crippen molar-refractivity contribution >= 4 is 27.3 Å². The Hall–Kier alpha value is -2.94. The Morgan fingerprint density at radius 2 is 1.57 bits per heavy atom. The van der Waals surface area contributed by atoms with Gasteiger partial charge in [-0.25, -0.2) is 8.42 Å². The first-order chi connectivity index (χ1) is 14.1. The molecular formula is C21H28N2O6S. The van der Waals surface area contributed by atoms with Crippen molar-refractivity contribution in [2.24, 2.45) is 0 Å². The van der Waals surface area contributed by atoms with Crippen molar-refractivity contribution in [2.75, 3.05) is 30.1 Å². The van der Waals surface area contributed by atoms with E-state index in [2.05, 4.69) is 5.32 Å². The summed E-state index contributed by atoms with van der Waals surface area (Å²) in [6, 6.07) is 10.6. The summed E-state index contributed by atoms with van der Waals surface area (Å²) >= 11 is 0. The predicted molar refractivity (Wildman–Crippen MR) is 117 cm³/mol. The van der Waals surface area contributed by atoms with E-state index in [-0.39, 0.29) is 11.8 Å². The molecule has 0 saturated heterocycles. The number of carbonyl (C=O) groups is 1. The van der Waals surface area contributed by atoms with E-state index in [0.717, 1.165) is 10.6 Å². The molecule has 0 aliphatic rings. The van der Waals surface area contributed by atoms with Crippen LogP contribution in [-0.4, -0.2) is 46.9 Å². The lowest BCUT2D eigenvalue weighted by atomic mass is 10.2. The zero-order chi connectivity index (χ0) is 22.5. The van der Waals surface area contributed by atoms with Crippen LogP contribution >= 0.6 is 0 Å². The van der Waals surface area contributed by atoms with Crippen molar-refractivity contribution in [1.82, 2.24) is 0 Å². The molecule has 0 spiro atoms. The lowest BCUT2D eigenvalue weighted by Crippen LogP contribution is -2.45. The number of rotatable bonds is 9. The summed E-state index contributed by atoms with van der Waals surface area (Å²) in [5.74, 6) is 0.918. The van der Waals surface area contributed by atoms with Gasteiger partial charge in [0.05, 0.1) is 32.3 Å². The smallest absolute Gasteiger partial charge is 0.247 e. The van der Waals surface area contributed by atoms with E-state index in [0.29, 0.717) is 22.9 Å². The quantitative estimate of drug-likeness (QED) is 0.648. The highest BCUT2D eigenvalue weighted by Crippen LogP contribution is 2.35. The molecule has 0 unspecified atom stereocenters. The molecule has 0 heterocycles. The molecule has 2 aromatic rings. The number of ether oxygens (including phenoxy) is 3. The number of hydrogen-bond acceptors (Lipinski definition) is 6. The summed E-state index contributed by atoms with van der Waals surface area (Å²) in [7, 11) is -0.916. The summed E-state index contributed by atoms with van der Waals surface area (Å²) < 4.78 is 42.3. The van der Waals surface area contributed by atoms with Crippen molar-refractivity contribution in [2.45, 2.75) is 32.9 Å². The molecule has 0 aromatic heterocycles. The van der Waals surface area contributed by atoms with Crippen molar-refractivity contribution in [1.29, 1.82) is 0 Å². The van der Waals surface area contributed by atoms with Crippen molar-refractivity contribution in [3.8, 4) is 17.2 Å². The highest BCUT2D eigenvalue weighted by atomic mass is 32.2. The zero-order valence-corrected chi connectivity index (χ0v) is 18.8. The van der Waals surface area contributed by atoms with Gasteiger partial charge >= 0.3 is 0 Å². The second kappa shape index (κ2) is 9.71. The lowest BCUT2D eigenvalue weighted by Gasteiger charge is -2.29. The Bertz CT molecular complexity index is 973. The number of amides is 1. The first-order valence-electron chi connectivity index (χ1n) is 9.35. The number of hydrogen-bond donors (Lipinski definition) is 1. The number of nitrogens with one attached hydrogen (secondary N) is 1. The van der Waals surface area contributed by atoms with Gasteiger partial charge in [-0.05, 0) is 57.2 Å². The number of sulfonamides is 1. The Morgan fingerprint density at radius 3 is 2.07 bits per heavy atom. The average molecular weight is 437 g/mol. The Morgan fingerprint density at radius 1 is 0.967 bits per heavy atom. The van der Waals surface area contributed by atoms with Crippen molar-refractivity contribution in [3.05, 3.63) is 42.5 Å². The Labute approximate surface area is 177 Å². The lowest BCUT2D eigenvalue weighted by molar-refractivity contribution is -0.116. The molecule has 0 fully saturated rings. The molecule has 1 atom stereocenters. The molecule has 9 heteroatoms. The summed E-state index contributed by atoms with van der Waals surface area (Å²) in [4.78, 5) is 12.9. The number of carbonyl (C=O) groups excluding carboxylic acids is 1. The number of nitrogens with zero attached hydrogens (tertiary/aromatic N) is 1. The van der Waals surface area contributed by atoms with Crippen LogP contribution in [0.15, 0.2) is 42.5 Å². The van der Waals surface area contributed by atoms with Gasteiger partial charge in [-0.15, -0.1) is 0 Å². The largest absolute Gasteiger partial charge is 0.497 e. The predicted octanol–water partition coefficient (Wildman–Crippen LogP) is 3.28. The maximum absolute atomic E-state index is 12.9. The van der Waals surface area contributed by atoms with Crippen LogP contribution in [0.3, 0.4) is 0 Å². The van der Waals surface area contributed by atoms with E-state index in [1.54, 1.807) is 36.4 Å². The van der Waals surface area contributed by atoms with Crippen LogP contribution in [-0.2, 0) is 14.8 Å². The molecule has 1 amide bonds. The van der Waals surface area contributed by atoms with Crippen molar-refractivity contribution < 1.29 is 27.4 Å². The topological polar surface area (TPSA) is 94.2 Å². The second-order valence-corrected chi connectivity index (χ2v) is 8.81. The summed E-state index contributed by atoms with van der Waals surface area (Å²) in [6.07, 6.45) is 1.07. The van der Waals surface area contributed by atoms with Gasteiger partial charge in [0.15, 0.2) is 0 Å². The minimum absolute atomic E-state index is 0.0339. The molecule has 164 valence electrons. The number of benzene rings is 2. The van der Waals surface area contributed by atoms with E-state index in [1.807, 2.05) is 13.8 Å². The minimum atomic E-state index is -3.82. The van der Waals surface area contributed by atoms with Gasteiger partial charge in [-0.3, -0.25) is 9.10 Å². The third kappa shape index (κ3) is 5.79. The number of methoxy groups -OCH3 is 2. The van der Waals surface area contributed by atoms with Gasteiger partial charge in [-0.1, -0.05) is 0 Å². The van der Waals surface area contributed by atoms with Gasteiger partial charge in [-0.2, -0.15) is 0 Å². The molecule has 0 radical (unpaired) electrons. The molecule has 0 saturated carbocycles. The van der Waals surface area contributed by atoms with Crippen molar-refractivity contribution in [3.63, 3.8) is 0 Å². The van der Waals surface area contributed by atoms with Gasteiger partial charge in [0, 0.05) is 11.8 Å². The van der Waals surface area contributed by atoms with E-state index < -0.39 is 22.0 Å². The van der Waals surface area contributed by atoms with Gasteiger partial charge in [0.1, 0.15) is 23.3 Å². The van der Waals surface area contributed by atoms with E-state index in [9.17, 15) is 13.2 Å².